The Morgan fingerprint density at radius 1 is 1.35 bits per heavy atom. The van der Waals surface area contributed by atoms with Crippen molar-refractivity contribution in [3.05, 3.63) is 0 Å². The minimum Gasteiger partial charge on any atom is -0.391 e. The van der Waals surface area contributed by atoms with Crippen LogP contribution in [0.1, 0.15) is 40.0 Å². The summed E-state index contributed by atoms with van der Waals surface area (Å²) in [4.78, 5) is 0. The summed E-state index contributed by atoms with van der Waals surface area (Å²) < 4.78 is 25.2. The minimum absolute atomic E-state index is 0.0169. The van der Waals surface area contributed by atoms with Crippen LogP contribution in [-0.2, 0) is 10.0 Å². The van der Waals surface area contributed by atoms with Crippen LogP contribution >= 0.6 is 0 Å². The molecule has 1 saturated carbocycles. The third kappa shape index (κ3) is 5.36. The van der Waals surface area contributed by atoms with Crippen molar-refractivity contribution in [1.29, 1.82) is 0 Å². The molecule has 0 aromatic carbocycles. The van der Waals surface area contributed by atoms with E-state index in [9.17, 15) is 13.5 Å². The van der Waals surface area contributed by atoms with Gasteiger partial charge in [-0.2, -0.15) is 0 Å². The quantitative estimate of drug-likeness (QED) is 0.789. The van der Waals surface area contributed by atoms with Crippen molar-refractivity contribution in [3.8, 4) is 0 Å². The lowest BCUT2D eigenvalue weighted by molar-refractivity contribution is 0.131. The number of hydrogen-bond acceptors (Lipinski definition) is 3. The van der Waals surface area contributed by atoms with Crippen LogP contribution in [0.5, 0.6) is 0 Å². The average molecular weight is 263 g/mol. The standard InChI is InChI=1S/C12H25NO3S/c1-12(2,3)7-8-17(15,16)13(4)9-11(14)10-5-6-10/h10-11,14H,5-9H2,1-4H3. The predicted molar refractivity (Wildman–Crippen MR) is 69.2 cm³/mol. The highest BCUT2D eigenvalue weighted by atomic mass is 32.2. The predicted octanol–water partition coefficient (Wildman–Crippen LogP) is 1.46. The molecule has 17 heavy (non-hydrogen) atoms. The first-order valence-electron chi connectivity index (χ1n) is 6.24. The first-order valence-corrected chi connectivity index (χ1v) is 7.85. The normalized spacial score (nSPS) is 19.6. The molecule has 1 N–H and O–H groups in total. The van der Waals surface area contributed by atoms with Gasteiger partial charge in [0, 0.05) is 13.6 Å². The lowest BCUT2D eigenvalue weighted by Gasteiger charge is -2.23. The van der Waals surface area contributed by atoms with Gasteiger partial charge in [-0.3, -0.25) is 0 Å². The van der Waals surface area contributed by atoms with E-state index < -0.39 is 16.1 Å². The van der Waals surface area contributed by atoms with Gasteiger partial charge in [-0.1, -0.05) is 20.8 Å². The molecule has 0 amide bonds. The molecular formula is C12H25NO3S. The molecule has 0 aromatic heterocycles. The van der Waals surface area contributed by atoms with E-state index in [0.717, 1.165) is 12.8 Å². The summed E-state index contributed by atoms with van der Waals surface area (Å²) in [7, 11) is -1.66. The van der Waals surface area contributed by atoms with Gasteiger partial charge in [0.15, 0.2) is 0 Å². The molecular weight excluding hydrogens is 238 g/mol. The van der Waals surface area contributed by atoms with Crippen molar-refractivity contribution in [2.45, 2.75) is 46.1 Å². The third-order valence-electron chi connectivity index (χ3n) is 3.20. The molecule has 1 fully saturated rings. The largest absolute Gasteiger partial charge is 0.391 e. The molecule has 0 heterocycles. The van der Waals surface area contributed by atoms with E-state index >= 15 is 0 Å². The van der Waals surface area contributed by atoms with Crippen molar-refractivity contribution in [1.82, 2.24) is 4.31 Å². The zero-order chi connectivity index (χ0) is 13.3. The number of sulfonamides is 1. The number of likely N-dealkylation sites (N-methyl/N-ethyl adjacent to an activating group) is 1. The maximum atomic E-state index is 12.0. The Kier molecular flexibility index (Phi) is 4.60. The molecule has 0 spiro atoms. The van der Waals surface area contributed by atoms with Crippen LogP contribution in [-0.4, -0.2) is 43.3 Å². The van der Waals surface area contributed by atoms with Crippen LogP contribution < -0.4 is 0 Å². The first-order chi connectivity index (χ1) is 7.62. The van der Waals surface area contributed by atoms with Gasteiger partial charge in [-0.05, 0) is 30.6 Å². The van der Waals surface area contributed by atoms with Crippen LogP contribution in [0, 0.1) is 11.3 Å². The summed E-state index contributed by atoms with van der Waals surface area (Å²) in [5.41, 5.74) is 0.0169. The van der Waals surface area contributed by atoms with Gasteiger partial charge < -0.3 is 5.11 Å². The first kappa shape index (κ1) is 14.9. The van der Waals surface area contributed by atoms with Crippen molar-refractivity contribution in [2.24, 2.45) is 11.3 Å². The van der Waals surface area contributed by atoms with Crippen LogP contribution in [0.4, 0.5) is 0 Å². The van der Waals surface area contributed by atoms with Gasteiger partial charge in [0.1, 0.15) is 0 Å². The Morgan fingerprint density at radius 3 is 2.29 bits per heavy atom. The minimum atomic E-state index is -3.22. The van der Waals surface area contributed by atoms with Gasteiger partial charge in [-0.15, -0.1) is 0 Å². The number of rotatable bonds is 6. The van der Waals surface area contributed by atoms with Gasteiger partial charge in [-0.25, -0.2) is 12.7 Å². The maximum Gasteiger partial charge on any atom is 0.213 e. The fourth-order valence-corrected chi connectivity index (χ4v) is 3.16. The molecule has 1 atom stereocenters. The summed E-state index contributed by atoms with van der Waals surface area (Å²) in [5, 5.41) is 9.74. The van der Waals surface area contributed by atoms with Crippen molar-refractivity contribution in [3.63, 3.8) is 0 Å². The lowest BCUT2D eigenvalue weighted by Crippen LogP contribution is -2.37. The highest BCUT2D eigenvalue weighted by molar-refractivity contribution is 7.89. The molecule has 0 aliphatic heterocycles. The van der Waals surface area contributed by atoms with Crippen LogP contribution in [0.3, 0.4) is 0 Å². The lowest BCUT2D eigenvalue weighted by atomic mass is 9.94. The van der Waals surface area contributed by atoms with Gasteiger partial charge in [0.25, 0.3) is 0 Å². The van der Waals surface area contributed by atoms with E-state index in [1.807, 2.05) is 20.8 Å². The van der Waals surface area contributed by atoms with Crippen LogP contribution in [0.2, 0.25) is 0 Å². The summed E-state index contributed by atoms with van der Waals surface area (Å²) in [6.45, 7) is 6.32. The molecule has 1 aliphatic carbocycles. The second-order valence-electron chi connectivity index (χ2n) is 6.31. The second kappa shape index (κ2) is 5.24. The topological polar surface area (TPSA) is 57.6 Å². The number of hydrogen-bond donors (Lipinski definition) is 1. The zero-order valence-corrected chi connectivity index (χ0v) is 12.1. The van der Waals surface area contributed by atoms with Crippen molar-refractivity contribution >= 4 is 10.0 Å². The number of aliphatic hydroxyl groups is 1. The smallest absolute Gasteiger partial charge is 0.213 e. The molecule has 0 saturated heterocycles. The summed E-state index contributed by atoms with van der Waals surface area (Å²) >= 11 is 0. The second-order valence-corrected chi connectivity index (χ2v) is 8.51. The van der Waals surface area contributed by atoms with Gasteiger partial charge in [0.05, 0.1) is 11.9 Å². The SMILES string of the molecule is CN(CC(O)C1CC1)S(=O)(=O)CCC(C)(C)C. The summed E-state index contributed by atoms with van der Waals surface area (Å²) in [6.07, 6.45) is 2.19. The molecule has 1 rings (SSSR count). The van der Waals surface area contributed by atoms with Crippen LogP contribution in [0.15, 0.2) is 0 Å². The molecule has 0 bridgehead atoms. The summed E-state index contributed by atoms with van der Waals surface area (Å²) in [5.74, 6) is 0.472. The van der Waals surface area contributed by atoms with Crippen LogP contribution in [0.25, 0.3) is 0 Å². The zero-order valence-electron chi connectivity index (χ0n) is 11.3. The highest BCUT2D eigenvalue weighted by Gasteiger charge is 2.32. The van der Waals surface area contributed by atoms with E-state index in [4.69, 9.17) is 0 Å². The van der Waals surface area contributed by atoms with E-state index in [1.54, 1.807) is 7.05 Å². The van der Waals surface area contributed by atoms with E-state index in [-0.39, 0.29) is 17.7 Å². The van der Waals surface area contributed by atoms with E-state index in [2.05, 4.69) is 0 Å². The summed E-state index contributed by atoms with van der Waals surface area (Å²) in [6, 6.07) is 0. The molecule has 102 valence electrons. The molecule has 0 radical (unpaired) electrons. The van der Waals surface area contributed by atoms with Gasteiger partial charge in [0.2, 0.25) is 10.0 Å². The fourth-order valence-electron chi connectivity index (χ4n) is 1.60. The average Bonchev–Trinajstić information content (AvgIpc) is 2.96. The highest BCUT2D eigenvalue weighted by Crippen LogP contribution is 2.33. The molecule has 0 aromatic rings. The van der Waals surface area contributed by atoms with Crippen molar-refractivity contribution < 1.29 is 13.5 Å². The fraction of sp³-hybridized carbons (Fsp3) is 1.00. The Labute approximate surface area is 105 Å². The number of nitrogens with zero attached hydrogens (tertiary/aromatic N) is 1. The molecule has 1 aliphatic rings. The van der Waals surface area contributed by atoms with Crippen molar-refractivity contribution in [2.75, 3.05) is 19.3 Å². The Balaban J connectivity index is 2.45. The third-order valence-corrected chi connectivity index (χ3v) is 5.01. The Morgan fingerprint density at radius 2 is 1.88 bits per heavy atom. The Hall–Kier alpha value is -0.130. The molecule has 1 unspecified atom stereocenters. The monoisotopic (exact) mass is 263 g/mol. The Bertz CT molecular complexity index is 341. The van der Waals surface area contributed by atoms with Gasteiger partial charge >= 0.3 is 0 Å². The maximum absolute atomic E-state index is 12.0. The number of aliphatic hydroxyl groups excluding tert-OH is 1. The van der Waals surface area contributed by atoms with E-state index in [0.29, 0.717) is 12.3 Å². The van der Waals surface area contributed by atoms with E-state index in [1.165, 1.54) is 4.31 Å². The molecule has 4 nitrogen and oxygen atoms in total. The molecule has 5 heteroatoms.